The highest BCUT2D eigenvalue weighted by molar-refractivity contribution is 5.94. The third-order valence-corrected chi connectivity index (χ3v) is 3.00. The summed E-state index contributed by atoms with van der Waals surface area (Å²) < 4.78 is 18.5. The van der Waals surface area contributed by atoms with Crippen LogP contribution < -0.4 is 5.32 Å². The molecule has 0 aromatic carbocycles. The lowest BCUT2D eigenvalue weighted by molar-refractivity contribution is 0.0946. The fourth-order valence-corrected chi connectivity index (χ4v) is 1.80. The highest BCUT2D eigenvalue weighted by Crippen LogP contribution is 2.40. The fraction of sp³-hybridized carbons (Fsp3) is 0.308. The van der Waals surface area contributed by atoms with Crippen LogP contribution in [0.4, 0.5) is 4.39 Å². The molecule has 2 heterocycles. The van der Waals surface area contributed by atoms with Crippen molar-refractivity contribution >= 4 is 5.91 Å². The summed E-state index contributed by atoms with van der Waals surface area (Å²) in [7, 11) is 0. The van der Waals surface area contributed by atoms with Gasteiger partial charge in [-0.05, 0) is 18.9 Å². The molecule has 0 atom stereocenters. The van der Waals surface area contributed by atoms with Gasteiger partial charge >= 0.3 is 0 Å². The molecule has 5 nitrogen and oxygen atoms in total. The van der Waals surface area contributed by atoms with Gasteiger partial charge in [-0.2, -0.15) is 0 Å². The maximum atomic E-state index is 13.3. The first-order chi connectivity index (χ1) is 9.24. The minimum Gasteiger partial charge on any atom is -0.361 e. The van der Waals surface area contributed by atoms with Gasteiger partial charge in [0.2, 0.25) is 0 Å². The van der Waals surface area contributed by atoms with Crippen molar-refractivity contribution in [3.05, 3.63) is 47.4 Å². The molecule has 0 aliphatic heterocycles. The Hall–Kier alpha value is -2.24. The molecule has 6 heteroatoms. The van der Waals surface area contributed by atoms with Gasteiger partial charge in [-0.1, -0.05) is 5.16 Å². The van der Waals surface area contributed by atoms with Crippen LogP contribution >= 0.6 is 0 Å². The second-order valence-electron chi connectivity index (χ2n) is 4.53. The molecule has 1 N–H and O–H groups in total. The monoisotopic (exact) mass is 261 g/mol. The molecule has 2 aromatic rings. The molecule has 19 heavy (non-hydrogen) atoms. The van der Waals surface area contributed by atoms with E-state index in [0.29, 0.717) is 11.6 Å². The average Bonchev–Trinajstić information content (AvgIpc) is 3.16. The Bertz CT molecular complexity index is 607. The number of pyridine rings is 1. The van der Waals surface area contributed by atoms with Crippen LogP contribution in [0.5, 0.6) is 0 Å². The van der Waals surface area contributed by atoms with E-state index < -0.39 is 11.7 Å². The quantitative estimate of drug-likeness (QED) is 0.914. The predicted molar refractivity (Wildman–Crippen MR) is 63.8 cm³/mol. The summed E-state index contributed by atoms with van der Waals surface area (Å²) in [6.45, 7) is 0.219. The summed E-state index contributed by atoms with van der Waals surface area (Å²) in [6, 6.07) is 3.17. The first-order valence-electron chi connectivity index (χ1n) is 6.07. The van der Waals surface area contributed by atoms with E-state index in [2.05, 4.69) is 15.5 Å². The maximum Gasteiger partial charge on any atom is 0.254 e. The Morgan fingerprint density at radius 2 is 2.37 bits per heavy atom. The summed E-state index contributed by atoms with van der Waals surface area (Å²) in [4.78, 5) is 15.3. The van der Waals surface area contributed by atoms with E-state index in [9.17, 15) is 9.18 Å². The Balaban J connectivity index is 1.62. The summed E-state index contributed by atoms with van der Waals surface area (Å²) in [5.74, 6) is 0.212. The largest absolute Gasteiger partial charge is 0.361 e. The zero-order valence-corrected chi connectivity index (χ0v) is 10.1. The SMILES string of the molecule is O=C(NCc1cc(C2CC2)on1)c1ccncc1F. The van der Waals surface area contributed by atoms with E-state index in [0.717, 1.165) is 24.8 Å². The predicted octanol–water partition coefficient (Wildman–Crippen LogP) is 2.02. The van der Waals surface area contributed by atoms with Gasteiger partial charge in [0, 0.05) is 18.2 Å². The maximum absolute atomic E-state index is 13.3. The number of nitrogens with zero attached hydrogens (tertiary/aromatic N) is 2. The van der Waals surface area contributed by atoms with E-state index >= 15 is 0 Å². The molecule has 0 bridgehead atoms. The molecule has 1 amide bonds. The fourth-order valence-electron chi connectivity index (χ4n) is 1.80. The highest BCUT2D eigenvalue weighted by Gasteiger charge is 2.27. The van der Waals surface area contributed by atoms with Crippen LogP contribution in [0.25, 0.3) is 0 Å². The third-order valence-electron chi connectivity index (χ3n) is 3.00. The van der Waals surface area contributed by atoms with Gasteiger partial charge in [-0.15, -0.1) is 0 Å². The molecule has 1 fully saturated rings. The van der Waals surface area contributed by atoms with E-state index in [1.165, 1.54) is 12.3 Å². The zero-order valence-electron chi connectivity index (χ0n) is 10.1. The molecule has 0 saturated heterocycles. The molecular formula is C13H12FN3O2. The summed E-state index contributed by atoms with van der Waals surface area (Å²) in [6.07, 6.45) is 4.64. The zero-order chi connectivity index (χ0) is 13.2. The summed E-state index contributed by atoms with van der Waals surface area (Å²) >= 11 is 0. The number of rotatable bonds is 4. The number of nitrogens with one attached hydrogen (secondary N) is 1. The Labute approximate surface area is 108 Å². The van der Waals surface area contributed by atoms with Crippen molar-refractivity contribution in [2.75, 3.05) is 0 Å². The topological polar surface area (TPSA) is 68.0 Å². The van der Waals surface area contributed by atoms with Gasteiger partial charge in [0.15, 0.2) is 5.82 Å². The molecule has 1 aliphatic carbocycles. The number of carbonyl (C=O) groups is 1. The van der Waals surface area contributed by atoms with Crippen LogP contribution in [0.15, 0.2) is 29.0 Å². The minimum atomic E-state index is -0.640. The van der Waals surface area contributed by atoms with Gasteiger partial charge < -0.3 is 9.84 Å². The first-order valence-corrected chi connectivity index (χ1v) is 6.07. The normalized spacial score (nSPS) is 14.4. The van der Waals surface area contributed by atoms with E-state index in [1.54, 1.807) is 0 Å². The van der Waals surface area contributed by atoms with E-state index in [-0.39, 0.29) is 12.1 Å². The molecule has 98 valence electrons. The van der Waals surface area contributed by atoms with Crippen LogP contribution in [-0.4, -0.2) is 16.0 Å². The Morgan fingerprint density at radius 1 is 1.53 bits per heavy atom. The van der Waals surface area contributed by atoms with Crippen LogP contribution in [0, 0.1) is 5.82 Å². The molecule has 0 radical (unpaired) electrons. The van der Waals surface area contributed by atoms with Crippen molar-refractivity contribution in [3.8, 4) is 0 Å². The Kier molecular flexibility index (Phi) is 2.98. The molecule has 3 rings (SSSR count). The number of aromatic nitrogens is 2. The molecule has 0 unspecified atom stereocenters. The highest BCUT2D eigenvalue weighted by atomic mass is 19.1. The van der Waals surface area contributed by atoms with Gasteiger partial charge in [0.1, 0.15) is 11.5 Å². The van der Waals surface area contributed by atoms with Gasteiger partial charge in [0.25, 0.3) is 5.91 Å². The number of halogens is 1. The second-order valence-corrected chi connectivity index (χ2v) is 4.53. The van der Waals surface area contributed by atoms with Crippen molar-refractivity contribution in [1.29, 1.82) is 0 Å². The summed E-state index contributed by atoms with van der Waals surface area (Å²) in [5.41, 5.74) is 0.616. The van der Waals surface area contributed by atoms with Crippen LogP contribution in [0.2, 0.25) is 0 Å². The number of amides is 1. The number of hydrogen-bond acceptors (Lipinski definition) is 4. The van der Waals surface area contributed by atoms with Gasteiger partial charge in [0.05, 0.1) is 18.3 Å². The lowest BCUT2D eigenvalue weighted by atomic mass is 10.2. The molecule has 1 aliphatic rings. The van der Waals surface area contributed by atoms with Crippen molar-refractivity contribution in [2.45, 2.75) is 25.3 Å². The van der Waals surface area contributed by atoms with E-state index in [1.807, 2.05) is 6.07 Å². The van der Waals surface area contributed by atoms with Crippen LogP contribution in [0.3, 0.4) is 0 Å². The van der Waals surface area contributed by atoms with Crippen molar-refractivity contribution in [3.63, 3.8) is 0 Å². The molecule has 2 aromatic heterocycles. The van der Waals surface area contributed by atoms with E-state index in [4.69, 9.17) is 4.52 Å². The van der Waals surface area contributed by atoms with Crippen molar-refractivity contribution in [1.82, 2.24) is 15.5 Å². The molecule has 0 spiro atoms. The number of carbonyl (C=O) groups excluding carboxylic acids is 1. The van der Waals surface area contributed by atoms with Crippen molar-refractivity contribution in [2.24, 2.45) is 0 Å². The molecule has 1 saturated carbocycles. The average molecular weight is 261 g/mol. The van der Waals surface area contributed by atoms with Crippen molar-refractivity contribution < 1.29 is 13.7 Å². The van der Waals surface area contributed by atoms with Crippen LogP contribution in [0.1, 0.15) is 40.6 Å². The minimum absolute atomic E-state index is 0.0269. The third kappa shape index (κ3) is 2.62. The Morgan fingerprint density at radius 3 is 3.11 bits per heavy atom. The van der Waals surface area contributed by atoms with Gasteiger partial charge in [-0.25, -0.2) is 4.39 Å². The lowest BCUT2D eigenvalue weighted by Crippen LogP contribution is -2.24. The lowest BCUT2D eigenvalue weighted by Gasteiger charge is -2.03. The smallest absolute Gasteiger partial charge is 0.254 e. The first kappa shape index (κ1) is 11.8. The van der Waals surface area contributed by atoms with Gasteiger partial charge in [-0.3, -0.25) is 9.78 Å². The number of hydrogen-bond donors (Lipinski definition) is 1. The van der Waals surface area contributed by atoms with Crippen LogP contribution in [-0.2, 0) is 6.54 Å². The standard InChI is InChI=1S/C13H12FN3O2/c14-11-7-15-4-3-10(11)13(18)16-6-9-5-12(19-17-9)8-1-2-8/h3-5,7-8H,1-2,6H2,(H,16,18). The second kappa shape index (κ2) is 4.79. The molecular weight excluding hydrogens is 249 g/mol. The summed E-state index contributed by atoms with van der Waals surface area (Å²) in [5, 5.41) is 6.47.